The minimum Gasteiger partial charge on any atom is -0.356 e. The molecule has 0 bridgehead atoms. The van der Waals surface area contributed by atoms with Crippen LogP contribution in [0.15, 0.2) is 53.5 Å². The van der Waals surface area contributed by atoms with Crippen molar-refractivity contribution in [3.63, 3.8) is 0 Å². The molecule has 0 saturated heterocycles. The minimum absolute atomic E-state index is 0.0878. The number of amides is 1. The van der Waals surface area contributed by atoms with Gasteiger partial charge in [-0.2, -0.15) is 0 Å². The summed E-state index contributed by atoms with van der Waals surface area (Å²) in [5, 5.41) is 9.88. The summed E-state index contributed by atoms with van der Waals surface area (Å²) in [6.07, 6.45) is 3.98. The molecular formula is C22H26N4O. The molecule has 1 heterocycles. The zero-order valence-electron chi connectivity index (χ0n) is 15.7. The number of aryl methyl sites for hydroxylation is 1. The number of rotatable bonds is 4. The topological polar surface area (TPSA) is 65.5 Å². The third kappa shape index (κ3) is 3.82. The fourth-order valence-corrected chi connectivity index (χ4v) is 4.11. The van der Waals surface area contributed by atoms with Crippen LogP contribution in [-0.2, 0) is 17.6 Å². The van der Waals surface area contributed by atoms with Gasteiger partial charge in [0.1, 0.15) is 0 Å². The van der Waals surface area contributed by atoms with Crippen molar-refractivity contribution in [1.29, 1.82) is 0 Å². The summed E-state index contributed by atoms with van der Waals surface area (Å²) < 4.78 is 0. The van der Waals surface area contributed by atoms with Crippen LogP contribution in [0.25, 0.3) is 0 Å². The molecule has 0 spiro atoms. The Morgan fingerprint density at radius 2 is 1.93 bits per heavy atom. The molecule has 0 saturated carbocycles. The number of nitrogens with zero attached hydrogens (tertiary/aromatic N) is 1. The average molecular weight is 362 g/mol. The minimum atomic E-state index is -0.0895. The van der Waals surface area contributed by atoms with E-state index < -0.39 is 0 Å². The molecule has 4 rings (SSSR count). The number of fused-ring (bicyclic) bond motifs is 2. The van der Waals surface area contributed by atoms with Crippen molar-refractivity contribution in [3.8, 4) is 0 Å². The van der Waals surface area contributed by atoms with Gasteiger partial charge in [0.05, 0.1) is 5.92 Å². The molecular weight excluding hydrogens is 336 g/mol. The number of carbonyl (C=O) groups is 1. The standard InChI is InChI=1S/C22H26N4O/c1-23-22(25-17-11-10-15-6-2-3-7-16(15)14-17)24-13-12-19-18-8-4-5-9-20(18)26-21(19)27/h2-9,17,19H,10-14H2,1H3,(H,26,27)(H2,23,24,25). The fraction of sp³-hybridized carbons (Fsp3) is 0.364. The SMILES string of the molecule is CN=C(NCCC1C(=O)Nc2ccccc21)NC1CCc2ccccc2C1. The van der Waals surface area contributed by atoms with Gasteiger partial charge in [0, 0.05) is 25.3 Å². The van der Waals surface area contributed by atoms with Crippen LogP contribution in [0.4, 0.5) is 5.69 Å². The van der Waals surface area contributed by atoms with E-state index in [4.69, 9.17) is 0 Å². The summed E-state index contributed by atoms with van der Waals surface area (Å²) in [6.45, 7) is 0.704. The third-order valence-corrected chi connectivity index (χ3v) is 5.55. The molecule has 2 aromatic carbocycles. The molecule has 2 unspecified atom stereocenters. The van der Waals surface area contributed by atoms with Gasteiger partial charge >= 0.3 is 0 Å². The normalized spacial score (nSPS) is 21.2. The zero-order chi connectivity index (χ0) is 18.6. The lowest BCUT2D eigenvalue weighted by Crippen LogP contribution is -2.46. The Balaban J connectivity index is 1.30. The average Bonchev–Trinajstić information content (AvgIpc) is 3.02. The summed E-state index contributed by atoms with van der Waals surface area (Å²) in [5.41, 5.74) is 4.92. The predicted octanol–water partition coefficient (Wildman–Crippen LogP) is 2.83. The van der Waals surface area contributed by atoms with Crippen molar-refractivity contribution in [1.82, 2.24) is 10.6 Å². The number of hydrogen-bond donors (Lipinski definition) is 3. The van der Waals surface area contributed by atoms with E-state index in [9.17, 15) is 4.79 Å². The van der Waals surface area contributed by atoms with Crippen LogP contribution in [0.5, 0.6) is 0 Å². The number of guanidine groups is 1. The van der Waals surface area contributed by atoms with Crippen molar-refractivity contribution in [2.24, 2.45) is 4.99 Å². The third-order valence-electron chi connectivity index (χ3n) is 5.55. The van der Waals surface area contributed by atoms with Crippen molar-refractivity contribution in [3.05, 3.63) is 65.2 Å². The number of anilines is 1. The molecule has 0 aromatic heterocycles. The van der Waals surface area contributed by atoms with Crippen molar-refractivity contribution >= 4 is 17.6 Å². The Morgan fingerprint density at radius 3 is 2.78 bits per heavy atom. The quantitative estimate of drug-likeness (QED) is 0.579. The summed E-state index contributed by atoms with van der Waals surface area (Å²) in [4.78, 5) is 16.6. The Morgan fingerprint density at radius 1 is 1.15 bits per heavy atom. The summed E-state index contributed by atoms with van der Waals surface area (Å²) in [7, 11) is 1.80. The van der Waals surface area contributed by atoms with Gasteiger partial charge in [0.25, 0.3) is 0 Å². The number of aliphatic imine (C=N–C) groups is 1. The maximum atomic E-state index is 12.2. The van der Waals surface area contributed by atoms with Crippen molar-refractivity contribution in [2.45, 2.75) is 37.6 Å². The van der Waals surface area contributed by atoms with Gasteiger partial charge in [-0.25, -0.2) is 0 Å². The van der Waals surface area contributed by atoms with E-state index in [0.717, 1.165) is 42.9 Å². The second-order valence-electron chi connectivity index (χ2n) is 7.27. The van der Waals surface area contributed by atoms with E-state index in [2.05, 4.69) is 45.2 Å². The van der Waals surface area contributed by atoms with Crippen molar-refractivity contribution < 1.29 is 4.79 Å². The lowest BCUT2D eigenvalue weighted by Gasteiger charge is -2.27. The van der Waals surface area contributed by atoms with E-state index in [1.54, 1.807) is 7.05 Å². The maximum absolute atomic E-state index is 12.2. The van der Waals surface area contributed by atoms with Crippen LogP contribution < -0.4 is 16.0 Å². The zero-order valence-corrected chi connectivity index (χ0v) is 15.7. The van der Waals surface area contributed by atoms with Gasteiger partial charge in [0.2, 0.25) is 5.91 Å². The van der Waals surface area contributed by atoms with Crippen LogP contribution in [0.3, 0.4) is 0 Å². The molecule has 2 aromatic rings. The first kappa shape index (κ1) is 17.6. The smallest absolute Gasteiger partial charge is 0.232 e. The number of carbonyl (C=O) groups excluding carboxylic acids is 1. The van der Waals surface area contributed by atoms with Crippen LogP contribution in [-0.4, -0.2) is 31.5 Å². The predicted molar refractivity (Wildman–Crippen MR) is 109 cm³/mol. The first-order valence-corrected chi connectivity index (χ1v) is 9.68. The molecule has 140 valence electrons. The second-order valence-corrected chi connectivity index (χ2v) is 7.27. The number of nitrogens with one attached hydrogen (secondary N) is 3. The van der Waals surface area contributed by atoms with Gasteiger partial charge in [-0.15, -0.1) is 0 Å². The van der Waals surface area contributed by atoms with E-state index in [-0.39, 0.29) is 11.8 Å². The molecule has 1 aliphatic carbocycles. The molecule has 1 aliphatic heterocycles. The van der Waals surface area contributed by atoms with E-state index in [0.29, 0.717) is 12.6 Å². The molecule has 0 fully saturated rings. The van der Waals surface area contributed by atoms with Crippen LogP contribution in [0.2, 0.25) is 0 Å². The molecule has 2 atom stereocenters. The Bertz CT molecular complexity index is 861. The molecule has 5 heteroatoms. The fourth-order valence-electron chi connectivity index (χ4n) is 4.11. The highest BCUT2D eigenvalue weighted by Crippen LogP contribution is 2.33. The molecule has 5 nitrogen and oxygen atoms in total. The van der Waals surface area contributed by atoms with Gasteiger partial charge < -0.3 is 16.0 Å². The van der Waals surface area contributed by atoms with Gasteiger partial charge in [-0.1, -0.05) is 42.5 Å². The molecule has 2 aliphatic rings. The number of para-hydroxylation sites is 1. The van der Waals surface area contributed by atoms with E-state index in [1.807, 2.05) is 24.3 Å². The highest BCUT2D eigenvalue weighted by atomic mass is 16.2. The largest absolute Gasteiger partial charge is 0.356 e. The highest BCUT2D eigenvalue weighted by molar-refractivity contribution is 6.02. The van der Waals surface area contributed by atoms with Gasteiger partial charge in [-0.3, -0.25) is 9.79 Å². The van der Waals surface area contributed by atoms with Gasteiger partial charge in [-0.05, 0) is 48.4 Å². The van der Waals surface area contributed by atoms with Crippen LogP contribution >= 0.6 is 0 Å². The number of benzene rings is 2. The van der Waals surface area contributed by atoms with Gasteiger partial charge in [0.15, 0.2) is 5.96 Å². The van der Waals surface area contributed by atoms with E-state index in [1.165, 1.54) is 11.1 Å². The molecule has 0 radical (unpaired) electrons. The van der Waals surface area contributed by atoms with Crippen LogP contribution in [0.1, 0.15) is 35.4 Å². The first-order valence-electron chi connectivity index (χ1n) is 9.68. The Hall–Kier alpha value is -2.82. The summed E-state index contributed by atoms with van der Waals surface area (Å²) >= 11 is 0. The lowest BCUT2D eigenvalue weighted by atomic mass is 9.88. The summed E-state index contributed by atoms with van der Waals surface area (Å²) in [5.74, 6) is 0.810. The van der Waals surface area contributed by atoms with E-state index >= 15 is 0 Å². The Labute approximate surface area is 160 Å². The Kier molecular flexibility index (Phi) is 5.10. The van der Waals surface area contributed by atoms with Crippen molar-refractivity contribution in [2.75, 3.05) is 18.9 Å². The first-order chi connectivity index (χ1) is 13.2. The molecule has 1 amide bonds. The second kappa shape index (κ2) is 7.82. The lowest BCUT2D eigenvalue weighted by molar-refractivity contribution is -0.117. The summed E-state index contributed by atoms with van der Waals surface area (Å²) in [6, 6.07) is 17.0. The molecule has 3 N–H and O–H groups in total. The number of hydrogen-bond acceptors (Lipinski definition) is 2. The van der Waals surface area contributed by atoms with Crippen LogP contribution in [0, 0.1) is 0 Å². The molecule has 27 heavy (non-hydrogen) atoms. The monoisotopic (exact) mass is 362 g/mol. The highest BCUT2D eigenvalue weighted by Gasteiger charge is 2.29. The maximum Gasteiger partial charge on any atom is 0.232 e.